The number of ether oxygens (including phenoxy) is 1. The van der Waals surface area contributed by atoms with E-state index >= 15 is 0 Å². The van der Waals surface area contributed by atoms with E-state index < -0.39 is 0 Å². The van der Waals surface area contributed by atoms with Gasteiger partial charge in [-0.05, 0) is 44.7 Å². The normalized spacial score (nSPS) is 14.6. The first kappa shape index (κ1) is 16.4. The van der Waals surface area contributed by atoms with Crippen molar-refractivity contribution in [2.75, 3.05) is 12.4 Å². The molecule has 0 atom stereocenters. The zero-order valence-electron chi connectivity index (χ0n) is 14.2. The van der Waals surface area contributed by atoms with Crippen molar-refractivity contribution in [2.24, 2.45) is 0 Å². The minimum absolute atomic E-state index is 0.159. The molecule has 6 nitrogen and oxygen atoms in total. The van der Waals surface area contributed by atoms with Gasteiger partial charge < -0.3 is 15.0 Å². The second-order valence-corrected chi connectivity index (χ2v) is 6.36. The molecule has 0 unspecified atom stereocenters. The molecule has 1 aliphatic carbocycles. The summed E-state index contributed by atoms with van der Waals surface area (Å²) in [7, 11) is 1.76. The number of aromatic nitrogens is 2. The molecule has 1 aliphatic rings. The molecule has 2 N–H and O–H groups in total. The van der Waals surface area contributed by atoms with Gasteiger partial charge in [0.15, 0.2) is 0 Å². The molecule has 0 bridgehead atoms. The molecule has 0 radical (unpaired) electrons. The number of aryl methyl sites for hydroxylation is 1. The van der Waals surface area contributed by atoms with Crippen molar-refractivity contribution in [1.82, 2.24) is 15.1 Å². The van der Waals surface area contributed by atoms with Crippen LogP contribution in [0, 0.1) is 6.92 Å². The fraction of sp³-hybridized carbons (Fsp3) is 0.444. The van der Waals surface area contributed by atoms with Crippen molar-refractivity contribution in [3.05, 3.63) is 41.7 Å². The monoisotopic (exact) mass is 328 g/mol. The summed E-state index contributed by atoms with van der Waals surface area (Å²) in [5.41, 5.74) is 2.72. The molecule has 3 rings (SSSR count). The van der Waals surface area contributed by atoms with E-state index in [1.165, 1.54) is 12.8 Å². The van der Waals surface area contributed by atoms with Crippen LogP contribution >= 0.6 is 0 Å². The van der Waals surface area contributed by atoms with Crippen LogP contribution in [0.4, 0.5) is 10.5 Å². The highest BCUT2D eigenvalue weighted by Gasteiger charge is 2.17. The Kier molecular flexibility index (Phi) is 5.03. The van der Waals surface area contributed by atoms with Crippen LogP contribution < -0.4 is 10.1 Å². The molecule has 128 valence electrons. The number of anilines is 1. The number of nitrogens with zero attached hydrogens (tertiary/aromatic N) is 2. The van der Waals surface area contributed by atoms with Crippen LogP contribution in [-0.4, -0.2) is 34.3 Å². The van der Waals surface area contributed by atoms with Crippen LogP contribution in [0.1, 0.15) is 36.9 Å². The van der Waals surface area contributed by atoms with Crippen LogP contribution in [0.3, 0.4) is 0 Å². The predicted octanol–water partition coefficient (Wildman–Crippen LogP) is 3.70. The van der Waals surface area contributed by atoms with E-state index in [9.17, 15) is 4.79 Å². The van der Waals surface area contributed by atoms with Crippen molar-refractivity contribution in [3.63, 3.8) is 0 Å². The molecule has 6 heteroatoms. The second-order valence-electron chi connectivity index (χ2n) is 6.36. The van der Waals surface area contributed by atoms with E-state index in [4.69, 9.17) is 4.74 Å². The molecule has 0 spiro atoms. The van der Waals surface area contributed by atoms with Gasteiger partial charge in [0.2, 0.25) is 0 Å². The van der Waals surface area contributed by atoms with E-state index in [-0.39, 0.29) is 6.03 Å². The topological polar surface area (TPSA) is 70.2 Å². The Bertz CT molecular complexity index is 692. The molecule has 2 aromatic rings. The summed E-state index contributed by atoms with van der Waals surface area (Å²) in [6.07, 6.45) is 6.75. The first-order chi connectivity index (χ1) is 11.6. The van der Waals surface area contributed by atoms with E-state index in [0.717, 1.165) is 35.5 Å². The second kappa shape index (κ2) is 7.38. The summed E-state index contributed by atoms with van der Waals surface area (Å²) in [5, 5.41) is 9.77. The molecule has 0 saturated heterocycles. The van der Waals surface area contributed by atoms with E-state index in [1.807, 2.05) is 31.2 Å². The molecule has 1 aromatic heterocycles. The number of carbonyl (C=O) groups excluding carboxylic acids is 1. The lowest BCUT2D eigenvalue weighted by atomic mass is 10.2. The average Bonchev–Trinajstić information content (AvgIpc) is 3.20. The highest BCUT2D eigenvalue weighted by molar-refractivity contribution is 5.89. The van der Waals surface area contributed by atoms with Gasteiger partial charge in [-0.25, -0.2) is 4.79 Å². The number of benzene rings is 1. The minimum Gasteiger partial charge on any atom is -0.490 e. The number of hydrogen-bond acceptors (Lipinski definition) is 3. The van der Waals surface area contributed by atoms with Gasteiger partial charge in [0.05, 0.1) is 18.8 Å². The number of rotatable bonds is 5. The predicted molar refractivity (Wildman–Crippen MR) is 93.1 cm³/mol. The largest absolute Gasteiger partial charge is 0.490 e. The molecule has 0 aliphatic heterocycles. The third-order valence-corrected chi connectivity index (χ3v) is 4.38. The maximum Gasteiger partial charge on any atom is 0.321 e. The number of aromatic amines is 1. The van der Waals surface area contributed by atoms with E-state index in [0.29, 0.717) is 12.6 Å². The zero-order valence-corrected chi connectivity index (χ0v) is 14.2. The molecule has 1 saturated carbocycles. The smallest absolute Gasteiger partial charge is 0.321 e. The van der Waals surface area contributed by atoms with Gasteiger partial charge in [0, 0.05) is 30.1 Å². The summed E-state index contributed by atoms with van der Waals surface area (Å²) in [4.78, 5) is 14.0. The maximum absolute atomic E-state index is 12.3. The van der Waals surface area contributed by atoms with Gasteiger partial charge in [-0.3, -0.25) is 5.10 Å². The standard InChI is InChI=1S/C18H24N4O2/c1-13-14(11-19-21-13)12-22(2)18(23)20-15-6-5-9-17(10-15)24-16-7-3-4-8-16/h5-6,9-11,16H,3-4,7-8,12H2,1-2H3,(H,19,21)(H,20,23). The van der Waals surface area contributed by atoms with Crippen LogP contribution in [0.2, 0.25) is 0 Å². The summed E-state index contributed by atoms with van der Waals surface area (Å²) in [6.45, 7) is 2.45. The summed E-state index contributed by atoms with van der Waals surface area (Å²) >= 11 is 0. The zero-order chi connectivity index (χ0) is 16.9. The molecule has 24 heavy (non-hydrogen) atoms. The number of H-pyrrole nitrogens is 1. The number of urea groups is 1. The summed E-state index contributed by atoms with van der Waals surface area (Å²) in [6, 6.07) is 7.43. The molecule has 1 heterocycles. The number of nitrogens with one attached hydrogen (secondary N) is 2. The quantitative estimate of drug-likeness (QED) is 0.879. The highest BCUT2D eigenvalue weighted by atomic mass is 16.5. The Hall–Kier alpha value is -2.50. The number of amides is 2. The Balaban J connectivity index is 1.58. The third-order valence-electron chi connectivity index (χ3n) is 4.38. The summed E-state index contributed by atoms with van der Waals surface area (Å²) < 4.78 is 5.98. The van der Waals surface area contributed by atoms with Gasteiger partial charge in [0.25, 0.3) is 0 Å². The van der Waals surface area contributed by atoms with Crippen LogP contribution in [0.15, 0.2) is 30.5 Å². The van der Waals surface area contributed by atoms with Gasteiger partial charge in [-0.15, -0.1) is 0 Å². The molecule has 1 aromatic carbocycles. The van der Waals surface area contributed by atoms with Gasteiger partial charge >= 0.3 is 6.03 Å². The van der Waals surface area contributed by atoms with Crippen molar-refractivity contribution in [1.29, 1.82) is 0 Å². The van der Waals surface area contributed by atoms with Crippen molar-refractivity contribution < 1.29 is 9.53 Å². The lowest BCUT2D eigenvalue weighted by Gasteiger charge is -2.18. The fourth-order valence-corrected chi connectivity index (χ4v) is 2.93. The average molecular weight is 328 g/mol. The molecule has 1 fully saturated rings. The molecule has 2 amide bonds. The minimum atomic E-state index is -0.159. The maximum atomic E-state index is 12.3. The number of carbonyl (C=O) groups is 1. The van der Waals surface area contributed by atoms with Gasteiger partial charge in [-0.1, -0.05) is 6.07 Å². The van der Waals surface area contributed by atoms with Crippen LogP contribution in [0.25, 0.3) is 0 Å². The third kappa shape index (κ3) is 4.07. The fourth-order valence-electron chi connectivity index (χ4n) is 2.93. The van der Waals surface area contributed by atoms with Crippen molar-refractivity contribution in [2.45, 2.75) is 45.3 Å². The first-order valence-corrected chi connectivity index (χ1v) is 8.39. The van der Waals surface area contributed by atoms with Crippen molar-refractivity contribution >= 4 is 11.7 Å². The van der Waals surface area contributed by atoms with Crippen LogP contribution in [-0.2, 0) is 6.54 Å². The Labute approximate surface area is 142 Å². The molecular weight excluding hydrogens is 304 g/mol. The highest BCUT2D eigenvalue weighted by Crippen LogP contribution is 2.25. The Morgan fingerprint density at radius 2 is 2.21 bits per heavy atom. The van der Waals surface area contributed by atoms with Gasteiger partial charge in [0.1, 0.15) is 5.75 Å². The van der Waals surface area contributed by atoms with E-state index in [2.05, 4.69) is 15.5 Å². The SMILES string of the molecule is Cc1[nH]ncc1CN(C)C(=O)Nc1cccc(OC2CCCC2)c1. The van der Waals surface area contributed by atoms with Gasteiger partial charge in [-0.2, -0.15) is 5.10 Å². The summed E-state index contributed by atoms with van der Waals surface area (Å²) in [5.74, 6) is 0.813. The first-order valence-electron chi connectivity index (χ1n) is 8.39. The van der Waals surface area contributed by atoms with Crippen LogP contribution in [0.5, 0.6) is 5.75 Å². The number of hydrogen-bond donors (Lipinski definition) is 2. The Morgan fingerprint density at radius 3 is 2.92 bits per heavy atom. The molecular formula is C18H24N4O2. The van der Waals surface area contributed by atoms with Crippen molar-refractivity contribution in [3.8, 4) is 5.75 Å². The Morgan fingerprint density at radius 1 is 1.42 bits per heavy atom. The lowest BCUT2D eigenvalue weighted by molar-refractivity contribution is 0.210. The lowest BCUT2D eigenvalue weighted by Crippen LogP contribution is -2.30. The van der Waals surface area contributed by atoms with E-state index in [1.54, 1.807) is 18.1 Å².